The molecule has 0 bridgehead atoms. The lowest BCUT2D eigenvalue weighted by Gasteiger charge is -2.13. The number of hydrazone groups is 1. The van der Waals surface area contributed by atoms with Gasteiger partial charge < -0.3 is 10.1 Å². The normalized spacial score (nSPS) is 12.1. The van der Waals surface area contributed by atoms with Crippen molar-refractivity contribution in [2.24, 2.45) is 5.10 Å². The summed E-state index contributed by atoms with van der Waals surface area (Å²) in [5.41, 5.74) is 4.08. The van der Waals surface area contributed by atoms with Crippen molar-refractivity contribution in [2.75, 3.05) is 13.7 Å². The largest absolute Gasteiger partial charge is 0.383 e. The molecule has 0 aliphatic rings. The van der Waals surface area contributed by atoms with E-state index < -0.39 is 0 Å². The predicted molar refractivity (Wildman–Crippen MR) is 90.3 cm³/mol. The second kappa shape index (κ2) is 9.06. The molecule has 0 aliphatic carbocycles. The van der Waals surface area contributed by atoms with Crippen LogP contribution >= 0.6 is 12.2 Å². The highest BCUT2D eigenvalue weighted by Crippen LogP contribution is 2.19. The fourth-order valence-corrected chi connectivity index (χ4v) is 2.10. The number of hydrogen-bond donors (Lipinski definition) is 2. The van der Waals surface area contributed by atoms with Crippen LogP contribution in [0.2, 0.25) is 0 Å². The summed E-state index contributed by atoms with van der Waals surface area (Å²) in [6, 6.07) is 5.07. The van der Waals surface area contributed by atoms with Gasteiger partial charge in [-0.2, -0.15) is 5.10 Å². The van der Waals surface area contributed by atoms with Crippen molar-refractivity contribution in [3.05, 3.63) is 39.4 Å². The summed E-state index contributed by atoms with van der Waals surface area (Å²) in [5.74, 6) is 0. The highest BCUT2D eigenvalue weighted by Gasteiger charge is 2.12. The van der Waals surface area contributed by atoms with Crippen LogP contribution in [0.15, 0.2) is 23.3 Å². The molecule has 1 aromatic carbocycles. The number of ether oxygens (including phenoxy) is 1. The van der Waals surface area contributed by atoms with Gasteiger partial charge in [0.2, 0.25) is 0 Å². The third-order valence-electron chi connectivity index (χ3n) is 2.86. The van der Waals surface area contributed by atoms with Crippen LogP contribution in [0.5, 0.6) is 0 Å². The van der Waals surface area contributed by atoms with E-state index in [4.69, 9.17) is 17.0 Å². The van der Waals surface area contributed by atoms with E-state index in [-0.39, 0.29) is 16.7 Å². The summed E-state index contributed by atoms with van der Waals surface area (Å²) in [6.45, 7) is 4.33. The zero-order valence-corrected chi connectivity index (χ0v) is 13.6. The molecule has 0 heterocycles. The van der Waals surface area contributed by atoms with E-state index >= 15 is 0 Å². The van der Waals surface area contributed by atoms with Crippen molar-refractivity contribution in [1.29, 1.82) is 0 Å². The van der Waals surface area contributed by atoms with Crippen LogP contribution in [0, 0.1) is 10.1 Å². The first kappa shape index (κ1) is 18.0. The molecule has 0 radical (unpaired) electrons. The number of nitro benzene ring substituents is 1. The van der Waals surface area contributed by atoms with Gasteiger partial charge in [-0.1, -0.05) is 19.1 Å². The Morgan fingerprint density at radius 2 is 2.32 bits per heavy atom. The first-order valence-corrected chi connectivity index (χ1v) is 7.24. The van der Waals surface area contributed by atoms with Crippen LogP contribution in [0.25, 0.3) is 0 Å². The molecule has 1 aromatic rings. The van der Waals surface area contributed by atoms with Gasteiger partial charge in [0, 0.05) is 30.3 Å². The summed E-state index contributed by atoms with van der Waals surface area (Å²) < 4.78 is 4.98. The summed E-state index contributed by atoms with van der Waals surface area (Å²) in [6.07, 6.45) is 2.10. The fraction of sp³-hybridized carbons (Fsp3) is 0.429. The maximum atomic E-state index is 11.0. The molecule has 0 aliphatic heterocycles. The van der Waals surface area contributed by atoms with Crippen molar-refractivity contribution < 1.29 is 9.66 Å². The quantitative estimate of drug-likeness (QED) is 0.345. The van der Waals surface area contributed by atoms with Gasteiger partial charge in [0.05, 0.1) is 17.7 Å². The highest BCUT2D eigenvalue weighted by molar-refractivity contribution is 7.80. The predicted octanol–water partition coefficient (Wildman–Crippen LogP) is 1.99. The lowest BCUT2D eigenvalue weighted by atomic mass is 10.1. The molecular formula is C14H20N4O3S. The number of nitrogens with zero attached hydrogens (tertiary/aromatic N) is 2. The Balaban J connectivity index is 2.65. The van der Waals surface area contributed by atoms with Crippen LogP contribution in [0.4, 0.5) is 5.69 Å². The Kier molecular flexibility index (Phi) is 7.41. The van der Waals surface area contributed by atoms with Crippen molar-refractivity contribution in [3.63, 3.8) is 0 Å². The molecule has 0 amide bonds. The van der Waals surface area contributed by atoms with Crippen LogP contribution in [0.3, 0.4) is 0 Å². The van der Waals surface area contributed by atoms with Crippen LogP contribution in [0.1, 0.15) is 25.0 Å². The zero-order valence-electron chi connectivity index (χ0n) is 12.8. The number of nitro groups is 1. The minimum absolute atomic E-state index is 0.0603. The van der Waals surface area contributed by atoms with Gasteiger partial charge >= 0.3 is 0 Å². The van der Waals surface area contributed by atoms with Gasteiger partial charge in [-0.3, -0.25) is 15.5 Å². The van der Waals surface area contributed by atoms with E-state index in [9.17, 15) is 10.1 Å². The molecule has 1 rings (SSSR count). The molecule has 0 aromatic heterocycles. The van der Waals surface area contributed by atoms with Crippen LogP contribution < -0.4 is 10.7 Å². The third kappa shape index (κ3) is 5.74. The maximum absolute atomic E-state index is 11.0. The second-order valence-electron chi connectivity index (χ2n) is 4.70. The number of benzene rings is 1. The molecule has 8 heteroatoms. The summed E-state index contributed by atoms with van der Waals surface area (Å²) in [4.78, 5) is 10.6. The van der Waals surface area contributed by atoms with E-state index in [0.29, 0.717) is 29.3 Å². The molecule has 0 unspecified atom stereocenters. The number of aryl methyl sites for hydroxylation is 1. The van der Waals surface area contributed by atoms with Crippen molar-refractivity contribution >= 4 is 29.2 Å². The molecular weight excluding hydrogens is 304 g/mol. The van der Waals surface area contributed by atoms with E-state index in [1.807, 2.05) is 13.8 Å². The fourth-order valence-electron chi connectivity index (χ4n) is 1.84. The van der Waals surface area contributed by atoms with E-state index in [0.717, 1.165) is 0 Å². The number of thiocarbonyl (C=S) groups is 1. The van der Waals surface area contributed by atoms with Crippen molar-refractivity contribution in [3.8, 4) is 0 Å². The van der Waals surface area contributed by atoms with Crippen LogP contribution in [-0.2, 0) is 11.2 Å². The van der Waals surface area contributed by atoms with Gasteiger partial charge in [-0.05, 0) is 25.6 Å². The Morgan fingerprint density at radius 3 is 2.91 bits per heavy atom. The molecule has 1 atom stereocenters. The van der Waals surface area contributed by atoms with Gasteiger partial charge in [0.15, 0.2) is 5.11 Å². The number of methoxy groups -OCH3 is 1. The molecule has 0 spiro atoms. The van der Waals surface area contributed by atoms with Gasteiger partial charge in [-0.15, -0.1) is 0 Å². The Bertz CT molecular complexity index is 563. The first-order chi connectivity index (χ1) is 10.5. The van der Waals surface area contributed by atoms with E-state index in [2.05, 4.69) is 15.8 Å². The SMILES string of the molecule is CCc1ccc(/C=N\NC(=S)N[C@@H](C)COC)cc1[N+](=O)[O-]. The Labute approximate surface area is 134 Å². The van der Waals surface area contributed by atoms with Crippen molar-refractivity contribution in [1.82, 2.24) is 10.7 Å². The number of nitrogens with one attached hydrogen (secondary N) is 2. The molecule has 22 heavy (non-hydrogen) atoms. The molecule has 0 fully saturated rings. The lowest BCUT2D eigenvalue weighted by Crippen LogP contribution is -2.40. The smallest absolute Gasteiger partial charge is 0.273 e. The molecule has 2 N–H and O–H groups in total. The van der Waals surface area contributed by atoms with Gasteiger partial charge in [0.1, 0.15) is 0 Å². The number of hydrogen-bond acceptors (Lipinski definition) is 5. The Hall–Kier alpha value is -2.06. The molecule has 0 saturated carbocycles. The minimum atomic E-state index is -0.387. The topological polar surface area (TPSA) is 88.8 Å². The summed E-state index contributed by atoms with van der Waals surface area (Å²) >= 11 is 5.07. The summed E-state index contributed by atoms with van der Waals surface area (Å²) in [5, 5.41) is 18.3. The summed E-state index contributed by atoms with van der Waals surface area (Å²) in [7, 11) is 1.61. The average molecular weight is 324 g/mol. The third-order valence-corrected chi connectivity index (χ3v) is 3.07. The van der Waals surface area contributed by atoms with Crippen LogP contribution in [-0.4, -0.2) is 36.0 Å². The molecule has 120 valence electrons. The van der Waals surface area contributed by atoms with Gasteiger partial charge in [0.25, 0.3) is 5.69 Å². The maximum Gasteiger partial charge on any atom is 0.273 e. The molecule has 0 saturated heterocycles. The van der Waals surface area contributed by atoms with E-state index in [1.54, 1.807) is 19.2 Å². The Morgan fingerprint density at radius 1 is 1.59 bits per heavy atom. The lowest BCUT2D eigenvalue weighted by molar-refractivity contribution is -0.385. The second-order valence-corrected chi connectivity index (χ2v) is 5.11. The monoisotopic (exact) mass is 324 g/mol. The van der Waals surface area contributed by atoms with E-state index in [1.165, 1.54) is 12.3 Å². The van der Waals surface area contributed by atoms with Gasteiger partial charge in [-0.25, -0.2) is 0 Å². The standard InChI is InChI=1S/C14H20N4O3S/c1-4-12-6-5-11(7-13(12)18(19)20)8-15-17-14(22)16-10(2)9-21-3/h5-8,10H,4,9H2,1-3H3,(H2,16,17,22)/b15-8-/t10-/m0/s1. The average Bonchev–Trinajstić information content (AvgIpc) is 2.47. The number of rotatable bonds is 7. The highest BCUT2D eigenvalue weighted by atomic mass is 32.1. The zero-order chi connectivity index (χ0) is 16.5. The first-order valence-electron chi connectivity index (χ1n) is 6.83. The molecule has 7 nitrogen and oxygen atoms in total. The van der Waals surface area contributed by atoms with Crippen molar-refractivity contribution in [2.45, 2.75) is 26.3 Å². The minimum Gasteiger partial charge on any atom is -0.383 e.